The molecule has 0 spiro atoms. The number of carbonyl (C=O) groups excluding carboxylic acids is 1. The van der Waals surface area contributed by atoms with Crippen molar-refractivity contribution in [3.63, 3.8) is 0 Å². The first kappa shape index (κ1) is 12.5. The normalized spacial score (nSPS) is 22.9. The average molecular weight is 255 g/mol. The number of nitrogens with zero attached hydrogens (tertiary/aromatic N) is 1. The van der Waals surface area contributed by atoms with Gasteiger partial charge in [0.25, 0.3) is 0 Å². The number of likely N-dealkylation sites (tertiary alicyclic amines) is 1. The SMILES string of the molecule is O=C(O)N1CCC(=O)C(F)(F)C1c1ccccc1. The molecule has 1 aliphatic heterocycles. The van der Waals surface area contributed by atoms with Crippen LogP contribution in [0.3, 0.4) is 0 Å². The maximum absolute atomic E-state index is 13.9. The van der Waals surface area contributed by atoms with Crippen LogP contribution in [0.1, 0.15) is 18.0 Å². The van der Waals surface area contributed by atoms with Crippen LogP contribution < -0.4 is 0 Å². The molecule has 0 aromatic heterocycles. The largest absolute Gasteiger partial charge is 0.465 e. The van der Waals surface area contributed by atoms with E-state index in [1.807, 2.05) is 0 Å². The second-order valence-corrected chi connectivity index (χ2v) is 4.09. The fourth-order valence-corrected chi connectivity index (χ4v) is 2.10. The van der Waals surface area contributed by atoms with E-state index in [1.165, 1.54) is 24.3 Å². The van der Waals surface area contributed by atoms with Gasteiger partial charge in [0.1, 0.15) is 6.04 Å². The van der Waals surface area contributed by atoms with Gasteiger partial charge in [-0.3, -0.25) is 9.69 Å². The lowest BCUT2D eigenvalue weighted by molar-refractivity contribution is -0.160. The molecule has 0 aliphatic carbocycles. The van der Waals surface area contributed by atoms with Gasteiger partial charge >= 0.3 is 12.0 Å². The molecule has 1 N–H and O–H groups in total. The van der Waals surface area contributed by atoms with Crippen molar-refractivity contribution in [3.05, 3.63) is 35.9 Å². The zero-order chi connectivity index (χ0) is 13.3. The van der Waals surface area contributed by atoms with Crippen LogP contribution in [-0.2, 0) is 4.79 Å². The zero-order valence-corrected chi connectivity index (χ0v) is 9.35. The number of alkyl halides is 2. The Bertz CT molecular complexity index is 475. The molecule has 6 heteroatoms. The number of carboxylic acid groups (broad SMARTS) is 1. The highest BCUT2D eigenvalue weighted by atomic mass is 19.3. The monoisotopic (exact) mass is 255 g/mol. The number of piperidine rings is 1. The van der Waals surface area contributed by atoms with Crippen molar-refractivity contribution in [2.45, 2.75) is 18.4 Å². The summed E-state index contributed by atoms with van der Waals surface area (Å²) in [5.41, 5.74) is 0.123. The summed E-state index contributed by atoms with van der Waals surface area (Å²) in [4.78, 5) is 22.9. The molecule has 1 saturated heterocycles. The summed E-state index contributed by atoms with van der Waals surface area (Å²) < 4.78 is 27.8. The van der Waals surface area contributed by atoms with E-state index >= 15 is 0 Å². The van der Waals surface area contributed by atoms with E-state index < -0.39 is 30.3 Å². The van der Waals surface area contributed by atoms with Crippen LogP contribution in [0.5, 0.6) is 0 Å². The molecule has 1 aliphatic rings. The van der Waals surface area contributed by atoms with Crippen LogP contribution >= 0.6 is 0 Å². The highest BCUT2D eigenvalue weighted by molar-refractivity contribution is 5.89. The molecule has 1 unspecified atom stereocenters. The molecule has 1 aromatic carbocycles. The predicted molar refractivity (Wildman–Crippen MR) is 58.5 cm³/mol. The number of Topliss-reactive ketones (excluding diaryl/α,β-unsaturated/α-hetero) is 1. The Morgan fingerprint density at radius 1 is 1.33 bits per heavy atom. The Labute approximate surface area is 102 Å². The summed E-state index contributed by atoms with van der Waals surface area (Å²) in [6, 6.07) is 5.75. The third-order valence-electron chi connectivity index (χ3n) is 2.97. The lowest BCUT2D eigenvalue weighted by Crippen LogP contribution is -2.53. The van der Waals surface area contributed by atoms with Gasteiger partial charge in [0.2, 0.25) is 5.78 Å². The lowest BCUT2D eigenvalue weighted by Gasteiger charge is -2.38. The summed E-state index contributed by atoms with van der Waals surface area (Å²) >= 11 is 0. The third kappa shape index (κ3) is 1.94. The van der Waals surface area contributed by atoms with E-state index in [-0.39, 0.29) is 12.1 Å². The van der Waals surface area contributed by atoms with Gasteiger partial charge in [-0.2, -0.15) is 8.78 Å². The minimum atomic E-state index is -3.68. The summed E-state index contributed by atoms with van der Waals surface area (Å²) in [6.07, 6.45) is -1.90. The first-order chi connectivity index (χ1) is 8.44. The second kappa shape index (κ2) is 4.36. The fraction of sp³-hybridized carbons (Fsp3) is 0.333. The molecule has 4 nitrogen and oxygen atoms in total. The van der Waals surface area contributed by atoms with Crippen molar-refractivity contribution in [1.82, 2.24) is 4.90 Å². The number of ketones is 1. The van der Waals surface area contributed by atoms with Crippen molar-refractivity contribution < 1.29 is 23.5 Å². The first-order valence-electron chi connectivity index (χ1n) is 5.40. The van der Waals surface area contributed by atoms with Crippen LogP contribution in [0.4, 0.5) is 13.6 Å². The molecule has 96 valence electrons. The number of halogens is 2. The van der Waals surface area contributed by atoms with Crippen LogP contribution in [0.2, 0.25) is 0 Å². The van der Waals surface area contributed by atoms with Gasteiger partial charge in [0.05, 0.1) is 0 Å². The summed E-state index contributed by atoms with van der Waals surface area (Å²) in [6.45, 7) is -0.205. The van der Waals surface area contributed by atoms with E-state index in [4.69, 9.17) is 5.11 Å². The maximum atomic E-state index is 13.9. The van der Waals surface area contributed by atoms with Gasteiger partial charge in [-0.15, -0.1) is 0 Å². The van der Waals surface area contributed by atoms with Gasteiger partial charge in [0, 0.05) is 13.0 Å². The van der Waals surface area contributed by atoms with E-state index in [1.54, 1.807) is 6.07 Å². The van der Waals surface area contributed by atoms with Crippen LogP contribution in [0, 0.1) is 0 Å². The number of benzene rings is 1. The fourth-order valence-electron chi connectivity index (χ4n) is 2.10. The summed E-state index contributed by atoms with van der Waals surface area (Å²) in [5, 5.41) is 8.97. The summed E-state index contributed by atoms with van der Waals surface area (Å²) in [7, 11) is 0. The second-order valence-electron chi connectivity index (χ2n) is 4.09. The molecule has 0 bridgehead atoms. The third-order valence-corrected chi connectivity index (χ3v) is 2.97. The van der Waals surface area contributed by atoms with Gasteiger partial charge < -0.3 is 5.11 Å². The van der Waals surface area contributed by atoms with E-state index in [2.05, 4.69) is 0 Å². The molecule has 0 radical (unpaired) electrons. The molecule has 1 fully saturated rings. The molecule has 1 heterocycles. The Morgan fingerprint density at radius 2 is 1.94 bits per heavy atom. The Balaban J connectivity index is 2.47. The Kier molecular flexibility index (Phi) is 3.02. The maximum Gasteiger partial charge on any atom is 0.408 e. The lowest BCUT2D eigenvalue weighted by atomic mass is 9.91. The number of hydrogen-bond acceptors (Lipinski definition) is 2. The van der Waals surface area contributed by atoms with Crippen LogP contribution in [0.15, 0.2) is 30.3 Å². The highest BCUT2D eigenvalue weighted by Crippen LogP contribution is 2.41. The van der Waals surface area contributed by atoms with E-state index in [0.29, 0.717) is 4.90 Å². The van der Waals surface area contributed by atoms with Crippen LogP contribution in [-0.4, -0.2) is 34.4 Å². The minimum absolute atomic E-state index is 0.123. The smallest absolute Gasteiger partial charge is 0.408 e. The predicted octanol–water partition coefficient (Wildman–Crippen LogP) is 2.32. The van der Waals surface area contributed by atoms with Crippen molar-refractivity contribution in [2.24, 2.45) is 0 Å². The molecular formula is C12H11F2NO3. The van der Waals surface area contributed by atoms with Crippen molar-refractivity contribution in [1.29, 1.82) is 0 Å². The molecule has 0 saturated carbocycles. The highest BCUT2D eigenvalue weighted by Gasteiger charge is 2.54. The van der Waals surface area contributed by atoms with Crippen molar-refractivity contribution in [3.8, 4) is 0 Å². The molecule has 18 heavy (non-hydrogen) atoms. The first-order valence-corrected chi connectivity index (χ1v) is 5.40. The Hall–Kier alpha value is -1.98. The molecule has 1 aromatic rings. The topological polar surface area (TPSA) is 57.6 Å². The Morgan fingerprint density at radius 3 is 2.50 bits per heavy atom. The molecular weight excluding hydrogens is 244 g/mol. The standard InChI is InChI=1S/C12H11F2NO3/c13-12(14)9(16)6-7-15(11(17)18)10(12)8-4-2-1-3-5-8/h1-5,10H,6-7H2,(H,17,18). The molecule has 1 atom stereocenters. The van der Waals surface area contributed by atoms with Crippen molar-refractivity contribution in [2.75, 3.05) is 6.54 Å². The van der Waals surface area contributed by atoms with Gasteiger partial charge in [-0.1, -0.05) is 30.3 Å². The number of carbonyl (C=O) groups is 2. The zero-order valence-electron chi connectivity index (χ0n) is 9.35. The van der Waals surface area contributed by atoms with Crippen LogP contribution in [0.25, 0.3) is 0 Å². The minimum Gasteiger partial charge on any atom is -0.465 e. The number of amides is 1. The van der Waals surface area contributed by atoms with Gasteiger partial charge in [0.15, 0.2) is 0 Å². The van der Waals surface area contributed by atoms with Gasteiger partial charge in [-0.25, -0.2) is 4.79 Å². The summed E-state index contributed by atoms with van der Waals surface area (Å²) in [5.74, 6) is -4.90. The van der Waals surface area contributed by atoms with Crippen molar-refractivity contribution >= 4 is 11.9 Å². The van der Waals surface area contributed by atoms with E-state index in [0.717, 1.165) is 0 Å². The molecule has 2 rings (SSSR count). The molecule has 1 amide bonds. The quantitative estimate of drug-likeness (QED) is 0.837. The van der Waals surface area contributed by atoms with Gasteiger partial charge in [-0.05, 0) is 5.56 Å². The number of rotatable bonds is 1. The van der Waals surface area contributed by atoms with E-state index in [9.17, 15) is 18.4 Å². The average Bonchev–Trinajstić information content (AvgIpc) is 2.33. The number of hydrogen-bond donors (Lipinski definition) is 1.